The van der Waals surface area contributed by atoms with Crippen molar-refractivity contribution in [3.63, 3.8) is 0 Å². The fourth-order valence-corrected chi connectivity index (χ4v) is 1.87. The van der Waals surface area contributed by atoms with Crippen LogP contribution in [-0.4, -0.2) is 12.1 Å². The standard InChI is InChI=1S/C12H10Cl2N2O2/c1-17-12-10(15)2-3-11(16-12)18-9-5-7(13)4-8(14)6-9/h2-6H,15H2,1H3. The highest BCUT2D eigenvalue weighted by molar-refractivity contribution is 6.34. The Labute approximate surface area is 114 Å². The molecule has 0 aliphatic heterocycles. The molecule has 2 N–H and O–H groups in total. The van der Waals surface area contributed by atoms with Gasteiger partial charge >= 0.3 is 0 Å². The van der Waals surface area contributed by atoms with Gasteiger partial charge in [0.25, 0.3) is 0 Å². The van der Waals surface area contributed by atoms with Gasteiger partial charge in [0.15, 0.2) is 0 Å². The summed E-state index contributed by atoms with van der Waals surface area (Å²) in [5.41, 5.74) is 6.10. The lowest BCUT2D eigenvalue weighted by Crippen LogP contribution is -1.97. The lowest BCUT2D eigenvalue weighted by molar-refractivity contribution is 0.385. The summed E-state index contributed by atoms with van der Waals surface area (Å²) in [6.45, 7) is 0. The van der Waals surface area contributed by atoms with Gasteiger partial charge in [0, 0.05) is 16.1 Å². The number of aromatic nitrogens is 1. The molecule has 0 saturated heterocycles. The normalized spacial score (nSPS) is 10.2. The van der Waals surface area contributed by atoms with E-state index in [4.69, 9.17) is 38.4 Å². The number of benzene rings is 1. The summed E-state index contributed by atoms with van der Waals surface area (Å²) >= 11 is 11.7. The summed E-state index contributed by atoms with van der Waals surface area (Å²) in [6.07, 6.45) is 0. The van der Waals surface area contributed by atoms with Gasteiger partial charge in [-0.2, -0.15) is 4.98 Å². The van der Waals surface area contributed by atoms with Crippen molar-refractivity contribution in [3.05, 3.63) is 40.4 Å². The fraction of sp³-hybridized carbons (Fsp3) is 0.0833. The molecule has 0 fully saturated rings. The van der Waals surface area contributed by atoms with Crippen LogP contribution in [0.1, 0.15) is 0 Å². The van der Waals surface area contributed by atoms with E-state index >= 15 is 0 Å². The Morgan fingerprint density at radius 2 is 1.78 bits per heavy atom. The van der Waals surface area contributed by atoms with Gasteiger partial charge in [0.1, 0.15) is 5.75 Å². The SMILES string of the molecule is COc1nc(Oc2cc(Cl)cc(Cl)c2)ccc1N. The maximum Gasteiger partial charge on any atom is 0.240 e. The second-order valence-corrected chi connectivity index (χ2v) is 4.33. The molecule has 2 rings (SSSR count). The monoisotopic (exact) mass is 284 g/mol. The Hall–Kier alpha value is -1.65. The zero-order valence-corrected chi connectivity index (χ0v) is 11.0. The number of nitrogens with zero attached hydrogens (tertiary/aromatic N) is 1. The van der Waals surface area contributed by atoms with Crippen LogP contribution in [0, 0.1) is 0 Å². The van der Waals surface area contributed by atoms with Gasteiger partial charge in [-0.05, 0) is 24.3 Å². The molecule has 0 amide bonds. The van der Waals surface area contributed by atoms with Gasteiger partial charge in [-0.15, -0.1) is 0 Å². The molecular weight excluding hydrogens is 275 g/mol. The second kappa shape index (κ2) is 5.33. The molecule has 0 aliphatic rings. The van der Waals surface area contributed by atoms with Gasteiger partial charge < -0.3 is 15.2 Å². The van der Waals surface area contributed by atoms with Crippen LogP contribution in [-0.2, 0) is 0 Å². The van der Waals surface area contributed by atoms with E-state index in [1.165, 1.54) is 7.11 Å². The van der Waals surface area contributed by atoms with Crippen molar-refractivity contribution in [2.45, 2.75) is 0 Å². The number of hydrogen-bond acceptors (Lipinski definition) is 4. The van der Waals surface area contributed by atoms with Crippen molar-refractivity contribution in [1.29, 1.82) is 0 Å². The highest BCUT2D eigenvalue weighted by atomic mass is 35.5. The minimum absolute atomic E-state index is 0.306. The summed E-state index contributed by atoms with van der Waals surface area (Å²) in [7, 11) is 1.48. The lowest BCUT2D eigenvalue weighted by atomic mass is 10.3. The van der Waals surface area contributed by atoms with E-state index in [9.17, 15) is 0 Å². The molecule has 0 aliphatic carbocycles. The van der Waals surface area contributed by atoms with Crippen LogP contribution in [0.4, 0.5) is 5.69 Å². The molecule has 18 heavy (non-hydrogen) atoms. The first-order chi connectivity index (χ1) is 8.58. The smallest absolute Gasteiger partial charge is 0.240 e. The molecule has 4 nitrogen and oxygen atoms in total. The van der Waals surface area contributed by atoms with Crippen molar-refractivity contribution in [3.8, 4) is 17.5 Å². The minimum Gasteiger partial charge on any atom is -0.479 e. The first kappa shape index (κ1) is 12.8. The van der Waals surface area contributed by atoms with E-state index < -0.39 is 0 Å². The van der Waals surface area contributed by atoms with E-state index in [1.54, 1.807) is 30.3 Å². The van der Waals surface area contributed by atoms with E-state index in [2.05, 4.69) is 4.98 Å². The van der Waals surface area contributed by atoms with Crippen molar-refractivity contribution < 1.29 is 9.47 Å². The third kappa shape index (κ3) is 2.97. The van der Waals surface area contributed by atoms with Crippen LogP contribution >= 0.6 is 23.2 Å². The van der Waals surface area contributed by atoms with Crippen LogP contribution in [0.2, 0.25) is 10.0 Å². The second-order valence-electron chi connectivity index (χ2n) is 3.46. The highest BCUT2D eigenvalue weighted by Crippen LogP contribution is 2.29. The number of nitrogen functional groups attached to an aromatic ring is 1. The molecule has 1 aromatic heterocycles. The summed E-state index contributed by atoms with van der Waals surface area (Å²) in [5, 5.41) is 0.972. The van der Waals surface area contributed by atoms with Crippen LogP contribution in [0.3, 0.4) is 0 Å². The number of methoxy groups -OCH3 is 1. The minimum atomic E-state index is 0.306. The van der Waals surface area contributed by atoms with E-state index in [0.717, 1.165) is 0 Å². The maximum atomic E-state index is 5.87. The molecule has 0 spiro atoms. The molecule has 0 unspecified atom stereocenters. The first-order valence-corrected chi connectivity index (χ1v) is 5.78. The van der Waals surface area contributed by atoms with Gasteiger partial charge in [-0.3, -0.25) is 0 Å². The van der Waals surface area contributed by atoms with E-state index in [0.29, 0.717) is 33.2 Å². The zero-order valence-electron chi connectivity index (χ0n) is 9.48. The average molecular weight is 285 g/mol. The average Bonchev–Trinajstić information content (AvgIpc) is 2.30. The van der Waals surface area contributed by atoms with Crippen molar-refractivity contribution in [2.24, 2.45) is 0 Å². The molecule has 1 aromatic carbocycles. The lowest BCUT2D eigenvalue weighted by Gasteiger charge is -2.08. The molecule has 0 saturated carbocycles. The number of pyridine rings is 1. The third-order valence-corrected chi connectivity index (χ3v) is 2.55. The number of hydrogen-bond donors (Lipinski definition) is 1. The number of anilines is 1. The van der Waals surface area contributed by atoms with Crippen LogP contribution in [0.5, 0.6) is 17.5 Å². The highest BCUT2D eigenvalue weighted by Gasteiger charge is 2.06. The van der Waals surface area contributed by atoms with Gasteiger partial charge in [0.05, 0.1) is 12.8 Å². The summed E-state index contributed by atoms with van der Waals surface area (Å²) in [5.74, 6) is 1.15. The fourth-order valence-electron chi connectivity index (χ4n) is 1.36. The van der Waals surface area contributed by atoms with Gasteiger partial charge in [0.2, 0.25) is 11.8 Å². The molecule has 0 bridgehead atoms. The van der Waals surface area contributed by atoms with Gasteiger partial charge in [-0.25, -0.2) is 0 Å². The molecule has 94 valence electrons. The summed E-state index contributed by atoms with van der Waals surface area (Å²) in [6, 6.07) is 8.17. The van der Waals surface area contributed by atoms with Crippen LogP contribution in [0.25, 0.3) is 0 Å². The molecule has 1 heterocycles. The predicted molar refractivity (Wildman–Crippen MR) is 71.7 cm³/mol. The topological polar surface area (TPSA) is 57.4 Å². The maximum absolute atomic E-state index is 5.87. The molecule has 0 atom stereocenters. The number of rotatable bonds is 3. The Kier molecular flexibility index (Phi) is 3.79. The van der Waals surface area contributed by atoms with E-state index in [-0.39, 0.29) is 0 Å². The Morgan fingerprint density at radius 3 is 2.39 bits per heavy atom. The van der Waals surface area contributed by atoms with Gasteiger partial charge in [-0.1, -0.05) is 23.2 Å². The molecule has 6 heteroatoms. The molecule has 0 radical (unpaired) electrons. The largest absolute Gasteiger partial charge is 0.479 e. The summed E-state index contributed by atoms with van der Waals surface area (Å²) < 4.78 is 10.5. The zero-order chi connectivity index (χ0) is 13.1. The predicted octanol–water partition coefficient (Wildman–Crippen LogP) is 3.77. The van der Waals surface area contributed by atoms with Crippen LogP contribution in [0.15, 0.2) is 30.3 Å². The molecule has 2 aromatic rings. The quantitative estimate of drug-likeness (QED) is 0.932. The first-order valence-electron chi connectivity index (χ1n) is 5.03. The van der Waals surface area contributed by atoms with E-state index in [1.807, 2.05) is 0 Å². The summed E-state index contributed by atoms with van der Waals surface area (Å²) in [4.78, 5) is 4.09. The Bertz CT molecular complexity index is 556. The number of ether oxygens (including phenoxy) is 2. The third-order valence-electron chi connectivity index (χ3n) is 2.12. The number of halogens is 2. The van der Waals surface area contributed by atoms with Crippen molar-refractivity contribution >= 4 is 28.9 Å². The number of nitrogens with two attached hydrogens (primary N) is 1. The Balaban J connectivity index is 2.28. The van der Waals surface area contributed by atoms with Crippen LogP contribution < -0.4 is 15.2 Å². The molecular formula is C12H10Cl2N2O2. The Morgan fingerprint density at radius 1 is 1.11 bits per heavy atom. The van der Waals surface area contributed by atoms with Crippen molar-refractivity contribution in [1.82, 2.24) is 4.98 Å². The van der Waals surface area contributed by atoms with Crippen molar-refractivity contribution in [2.75, 3.05) is 12.8 Å².